The fraction of sp³-hybridized carbons (Fsp3) is 0.650. The zero-order chi connectivity index (χ0) is 18.9. The molecule has 7 heteroatoms. The zero-order valence-corrected chi connectivity index (χ0v) is 19.8. The van der Waals surface area contributed by atoms with Crippen LogP contribution >= 0.6 is 24.0 Å². The molecule has 27 heavy (non-hydrogen) atoms. The monoisotopic (exact) mass is 489 g/mol. The predicted octanol–water partition coefficient (Wildman–Crippen LogP) is 2.20. The lowest BCUT2D eigenvalue weighted by Gasteiger charge is -2.38. The number of methoxy groups -OCH3 is 1. The highest BCUT2D eigenvalue weighted by Gasteiger charge is 2.20. The molecule has 0 spiro atoms. The largest absolute Gasteiger partial charge is 0.383 e. The molecule has 0 amide bonds. The Kier molecular flexibility index (Phi) is 11.0. The van der Waals surface area contributed by atoms with E-state index in [2.05, 4.69) is 64.1 Å². The number of benzene rings is 1. The Bertz CT molecular complexity index is 588. The second kappa shape index (κ2) is 12.4. The molecule has 1 fully saturated rings. The summed E-state index contributed by atoms with van der Waals surface area (Å²) in [7, 11) is 5.73. The third kappa shape index (κ3) is 7.12. The third-order valence-corrected chi connectivity index (χ3v) is 5.16. The van der Waals surface area contributed by atoms with E-state index in [9.17, 15) is 0 Å². The first-order valence-corrected chi connectivity index (χ1v) is 9.51. The van der Waals surface area contributed by atoms with Gasteiger partial charge in [-0.1, -0.05) is 12.1 Å². The minimum Gasteiger partial charge on any atom is -0.383 e. The highest BCUT2D eigenvalue weighted by Crippen LogP contribution is 2.23. The van der Waals surface area contributed by atoms with Gasteiger partial charge in [-0.25, -0.2) is 0 Å². The van der Waals surface area contributed by atoms with E-state index in [-0.39, 0.29) is 24.0 Å². The molecule has 0 unspecified atom stereocenters. The van der Waals surface area contributed by atoms with Gasteiger partial charge in [0.2, 0.25) is 0 Å². The molecule has 1 aliphatic heterocycles. The standard InChI is InChI=1S/C20H35N5O.HI/c1-17-7-6-8-19(18(17)2)24-11-13-25(14-12-24)20(21-3)22-9-10-23(4)15-16-26-5;/h6-8H,9-16H2,1-5H3,(H,21,22);1H. The van der Waals surface area contributed by atoms with Crippen LogP contribution in [0.5, 0.6) is 0 Å². The van der Waals surface area contributed by atoms with Gasteiger partial charge in [-0.15, -0.1) is 24.0 Å². The van der Waals surface area contributed by atoms with Crippen molar-refractivity contribution in [1.29, 1.82) is 0 Å². The maximum Gasteiger partial charge on any atom is 0.193 e. The summed E-state index contributed by atoms with van der Waals surface area (Å²) in [6.07, 6.45) is 0. The highest BCUT2D eigenvalue weighted by atomic mass is 127. The number of hydrogen-bond donors (Lipinski definition) is 1. The molecule has 6 nitrogen and oxygen atoms in total. The number of rotatable bonds is 7. The molecule has 1 aromatic carbocycles. The molecule has 1 N–H and O–H groups in total. The average molecular weight is 489 g/mol. The second-order valence-electron chi connectivity index (χ2n) is 6.96. The van der Waals surface area contributed by atoms with E-state index in [1.165, 1.54) is 16.8 Å². The van der Waals surface area contributed by atoms with Crippen LogP contribution in [0.15, 0.2) is 23.2 Å². The zero-order valence-electron chi connectivity index (χ0n) is 17.5. The van der Waals surface area contributed by atoms with Crippen LogP contribution in [0.25, 0.3) is 0 Å². The van der Waals surface area contributed by atoms with Crippen LogP contribution in [0, 0.1) is 13.8 Å². The number of ether oxygens (including phenoxy) is 1. The number of hydrogen-bond acceptors (Lipinski definition) is 4. The Morgan fingerprint density at radius 1 is 1.19 bits per heavy atom. The molecule has 0 aromatic heterocycles. The Morgan fingerprint density at radius 3 is 2.52 bits per heavy atom. The minimum absolute atomic E-state index is 0. The minimum atomic E-state index is 0. The van der Waals surface area contributed by atoms with Crippen molar-refractivity contribution in [3.05, 3.63) is 29.3 Å². The molecular weight excluding hydrogens is 453 g/mol. The van der Waals surface area contributed by atoms with Crippen LogP contribution in [0.3, 0.4) is 0 Å². The Labute approximate surface area is 182 Å². The average Bonchev–Trinajstić information content (AvgIpc) is 2.66. The van der Waals surface area contributed by atoms with Crippen molar-refractivity contribution in [2.75, 3.05) is 78.5 Å². The number of likely N-dealkylation sites (N-methyl/N-ethyl adjacent to an activating group) is 1. The fourth-order valence-corrected chi connectivity index (χ4v) is 3.29. The van der Waals surface area contributed by atoms with E-state index < -0.39 is 0 Å². The fourth-order valence-electron chi connectivity index (χ4n) is 3.29. The van der Waals surface area contributed by atoms with E-state index in [1.807, 2.05) is 7.05 Å². The summed E-state index contributed by atoms with van der Waals surface area (Å²) in [6.45, 7) is 12.0. The van der Waals surface area contributed by atoms with E-state index >= 15 is 0 Å². The van der Waals surface area contributed by atoms with Crippen molar-refractivity contribution >= 4 is 35.6 Å². The molecule has 1 aromatic rings. The molecule has 0 radical (unpaired) electrons. The first-order valence-electron chi connectivity index (χ1n) is 9.51. The summed E-state index contributed by atoms with van der Waals surface area (Å²) >= 11 is 0. The number of aryl methyl sites for hydroxylation is 1. The molecule has 0 aliphatic carbocycles. The normalized spacial score (nSPS) is 15.1. The van der Waals surface area contributed by atoms with Gasteiger partial charge in [-0.2, -0.15) is 0 Å². The SMILES string of the molecule is CN=C(NCCN(C)CCOC)N1CCN(c2cccc(C)c2C)CC1.I. The maximum atomic E-state index is 5.12. The van der Waals surface area contributed by atoms with Gasteiger partial charge < -0.3 is 24.8 Å². The molecular formula is C20H36IN5O. The van der Waals surface area contributed by atoms with Crippen molar-refractivity contribution < 1.29 is 4.74 Å². The molecule has 154 valence electrons. The first kappa shape index (κ1) is 24.0. The lowest BCUT2D eigenvalue weighted by molar-refractivity contribution is 0.162. The molecule has 1 aliphatic rings. The lowest BCUT2D eigenvalue weighted by Crippen LogP contribution is -2.53. The van der Waals surface area contributed by atoms with E-state index in [0.717, 1.165) is 58.4 Å². The summed E-state index contributed by atoms with van der Waals surface area (Å²) < 4.78 is 5.12. The Balaban J connectivity index is 0.00000364. The summed E-state index contributed by atoms with van der Waals surface area (Å²) in [5.74, 6) is 1.01. The Hall–Kier alpha value is -1.06. The van der Waals surface area contributed by atoms with Gasteiger partial charge in [0.25, 0.3) is 0 Å². The van der Waals surface area contributed by atoms with E-state index in [0.29, 0.717) is 0 Å². The van der Waals surface area contributed by atoms with Gasteiger partial charge in [-0.05, 0) is 38.1 Å². The highest BCUT2D eigenvalue weighted by molar-refractivity contribution is 14.0. The van der Waals surface area contributed by atoms with Crippen LogP contribution in [0.4, 0.5) is 5.69 Å². The van der Waals surface area contributed by atoms with Gasteiger partial charge in [0.15, 0.2) is 5.96 Å². The number of nitrogens with zero attached hydrogens (tertiary/aromatic N) is 4. The number of aliphatic imine (C=N–C) groups is 1. The van der Waals surface area contributed by atoms with E-state index in [1.54, 1.807) is 7.11 Å². The van der Waals surface area contributed by atoms with Crippen LogP contribution < -0.4 is 10.2 Å². The molecule has 0 atom stereocenters. The number of guanidine groups is 1. The Morgan fingerprint density at radius 2 is 1.89 bits per heavy atom. The van der Waals surface area contributed by atoms with Crippen LogP contribution in [-0.2, 0) is 4.74 Å². The van der Waals surface area contributed by atoms with Gasteiger partial charge in [0.05, 0.1) is 6.61 Å². The number of piperazine rings is 1. The van der Waals surface area contributed by atoms with Gasteiger partial charge in [-0.3, -0.25) is 4.99 Å². The van der Waals surface area contributed by atoms with Gasteiger partial charge in [0.1, 0.15) is 0 Å². The predicted molar refractivity (Wildman–Crippen MR) is 126 cm³/mol. The lowest BCUT2D eigenvalue weighted by atomic mass is 10.1. The van der Waals surface area contributed by atoms with E-state index in [4.69, 9.17) is 4.74 Å². The first-order chi connectivity index (χ1) is 12.6. The molecule has 1 saturated heterocycles. The third-order valence-electron chi connectivity index (χ3n) is 5.16. The summed E-state index contributed by atoms with van der Waals surface area (Å²) in [5, 5.41) is 3.50. The number of halogens is 1. The summed E-state index contributed by atoms with van der Waals surface area (Å²) in [5.41, 5.74) is 4.12. The topological polar surface area (TPSA) is 43.3 Å². The number of anilines is 1. The molecule has 0 bridgehead atoms. The van der Waals surface area contributed by atoms with Crippen molar-refractivity contribution in [3.8, 4) is 0 Å². The quantitative estimate of drug-likeness (QED) is 0.362. The molecule has 1 heterocycles. The number of nitrogens with one attached hydrogen (secondary N) is 1. The van der Waals surface area contributed by atoms with Gasteiger partial charge >= 0.3 is 0 Å². The van der Waals surface area contributed by atoms with Crippen LogP contribution in [0.2, 0.25) is 0 Å². The maximum absolute atomic E-state index is 5.12. The van der Waals surface area contributed by atoms with Crippen molar-refractivity contribution in [3.63, 3.8) is 0 Å². The molecule has 0 saturated carbocycles. The van der Waals surface area contributed by atoms with Crippen molar-refractivity contribution in [1.82, 2.24) is 15.1 Å². The second-order valence-corrected chi connectivity index (χ2v) is 6.96. The van der Waals surface area contributed by atoms with Crippen molar-refractivity contribution in [2.24, 2.45) is 4.99 Å². The summed E-state index contributed by atoms with van der Waals surface area (Å²) in [6, 6.07) is 6.58. The molecule has 2 rings (SSSR count). The van der Waals surface area contributed by atoms with Crippen molar-refractivity contribution in [2.45, 2.75) is 13.8 Å². The van der Waals surface area contributed by atoms with Crippen LogP contribution in [-0.4, -0.2) is 89.4 Å². The smallest absolute Gasteiger partial charge is 0.193 e. The van der Waals surface area contributed by atoms with Crippen LogP contribution in [0.1, 0.15) is 11.1 Å². The summed E-state index contributed by atoms with van der Waals surface area (Å²) in [4.78, 5) is 11.6. The van der Waals surface area contributed by atoms with Gasteiger partial charge in [0, 0.05) is 65.7 Å².